The highest BCUT2D eigenvalue weighted by atomic mass is 35.5. The number of fused-ring (bicyclic) bond motifs is 1. The Labute approximate surface area is 93.3 Å². The van der Waals surface area contributed by atoms with Crippen LogP contribution in [0, 0.1) is 0 Å². The summed E-state index contributed by atoms with van der Waals surface area (Å²) in [5.41, 5.74) is 0. The molecule has 0 fully saturated rings. The van der Waals surface area contributed by atoms with Crippen LogP contribution in [0.5, 0.6) is 0 Å². The van der Waals surface area contributed by atoms with Gasteiger partial charge in [0.25, 0.3) is 0 Å². The average molecular weight is 248 g/mol. The molecule has 0 N–H and O–H groups in total. The minimum atomic E-state index is -0.293. The zero-order valence-electron chi connectivity index (χ0n) is 7.24. The highest BCUT2D eigenvalue weighted by Gasteiger charge is 2.13. The first-order valence-electron chi connectivity index (χ1n) is 3.93. The molecule has 0 radical (unpaired) electrons. The van der Waals surface area contributed by atoms with Crippen molar-refractivity contribution in [1.82, 2.24) is 4.98 Å². The second kappa shape index (κ2) is 3.84. The maximum Gasteiger partial charge on any atom is 0.348 e. The van der Waals surface area contributed by atoms with Crippen molar-refractivity contribution in [1.29, 1.82) is 0 Å². The lowest BCUT2D eigenvalue weighted by Crippen LogP contribution is -2.01. The molecular formula is C8H6ClNO2S2. The van der Waals surface area contributed by atoms with Crippen molar-refractivity contribution in [3.8, 4) is 0 Å². The van der Waals surface area contributed by atoms with E-state index < -0.39 is 0 Å². The predicted octanol–water partition coefficient (Wildman–Crippen LogP) is 3.19. The fraction of sp³-hybridized carbons (Fsp3) is 0.250. The number of carbonyl (C=O) groups is 1. The van der Waals surface area contributed by atoms with E-state index >= 15 is 0 Å². The first-order valence-corrected chi connectivity index (χ1v) is 5.95. The Morgan fingerprint density at radius 1 is 1.64 bits per heavy atom. The van der Waals surface area contributed by atoms with E-state index in [1.807, 2.05) is 0 Å². The summed E-state index contributed by atoms with van der Waals surface area (Å²) in [6, 6.07) is 1.77. The molecule has 14 heavy (non-hydrogen) atoms. The van der Waals surface area contributed by atoms with E-state index in [1.165, 1.54) is 22.7 Å². The van der Waals surface area contributed by atoms with Crippen LogP contribution in [0.25, 0.3) is 9.53 Å². The van der Waals surface area contributed by atoms with Crippen LogP contribution in [0.3, 0.4) is 0 Å². The van der Waals surface area contributed by atoms with Gasteiger partial charge in [0.1, 0.15) is 9.71 Å². The Balaban J connectivity index is 2.36. The van der Waals surface area contributed by atoms with Crippen LogP contribution in [-0.2, 0) is 4.74 Å². The number of hydrogen-bond donors (Lipinski definition) is 0. The first kappa shape index (κ1) is 9.89. The van der Waals surface area contributed by atoms with Gasteiger partial charge in [-0.15, -0.1) is 22.7 Å². The van der Waals surface area contributed by atoms with E-state index in [9.17, 15) is 4.79 Å². The molecule has 0 amide bonds. The van der Waals surface area contributed by atoms with Crippen molar-refractivity contribution in [3.05, 3.63) is 15.4 Å². The quantitative estimate of drug-likeness (QED) is 0.765. The summed E-state index contributed by atoms with van der Waals surface area (Å²) < 4.78 is 6.31. The number of esters is 1. The van der Waals surface area contributed by atoms with Crippen LogP contribution < -0.4 is 0 Å². The molecule has 0 unspecified atom stereocenters. The molecule has 2 aromatic heterocycles. The summed E-state index contributed by atoms with van der Waals surface area (Å²) in [5.74, 6) is -0.293. The van der Waals surface area contributed by atoms with E-state index in [0.717, 1.165) is 9.53 Å². The molecule has 0 aliphatic heterocycles. The van der Waals surface area contributed by atoms with Crippen LogP contribution in [0.2, 0.25) is 4.47 Å². The standard InChI is InChI=1S/C8H6ClNO2S2/c1-2-12-7(11)5-3-4-6(13-5)10-8(9)14-4/h3H,2H2,1H3. The molecule has 0 aliphatic carbocycles. The number of thiazole rings is 1. The zero-order chi connectivity index (χ0) is 10.1. The Bertz CT molecular complexity index is 445. The molecule has 6 heteroatoms. The molecule has 3 nitrogen and oxygen atoms in total. The number of hydrogen-bond acceptors (Lipinski definition) is 5. The monoisotopic (exact) mass is 247 g/mol. The summed E-state index contributed by atoms with van der Waals surface area (Å²) in [5, 5.41) is 0. The molecular weight excluding hydrogens is 242 g/mol. The van der Waals surface area contributed by atoms with Gasteiger partial charge >= 0.3 is 5.97 Å². The Kier molecular flexibility index (Phi) is 2.71. The van der Waals surface area contributed by atoms with Gasteiger partial charge < -0.3 is 4.74 Å². The van der Waals surface area contributed by atoms with Gasteiger partial charge in [0.2, 0.25) is 0 Å². The molecule has 0 aliphatic rings. The fourth-order valence-corrected chi connectivity index (χ4v) is 3.23. The molecule has 0 atom stereocenters. The Morgan fingerprint density at radius 2 is 2.43 bits per heavy atom. The van der Waals surface area contributed by atoms with Crippen LogP contribution in [0.1, 0.15) is 16.6 Å². The van der Waals surface area contributed by atoms with Gasteiger partial charge in [-0.3, -0.25) is 0 Å². The van der Waals surface area contributed by atoms with Crippen molar-refractivity contribution in [3.63, 3.8) is 0 Å². The molecule has 0 saturated carbocycles. The number of halogens is 1. The highest BCUT2D eigenvalue weighted by molar-refractivity contribution is 7.29. The van der Waals surface area contributed by atoms with Gasteiger partial charge in [-0.2, -0.15) is 0 Å². The summed E-state index contributed by atoms with van der Waals surface area (Å²) in [6.45, 7) is 2.17. The van der Waals surface area contributed by atoms with Crippen molar-refractivity contribution >= 4 is 49.8 Å². The second-order valence-electron chi connectivity index (χ2n) is 2.47. The molecule has 0 aromatic carbocycles. The van der Waals surface area contributed by atoms with E-state index in [-0.39, 0.29) is 5.97 Å². The summed E-state index contributed by atoms with van der Waals surface area (Å²) >= 11 is 8.39. The summed E-state index contributed by atoms with van der Waals surface area (Å²) in [4.78, 5) is 16.8. The van der Waals surface area contributed by atoms with Crippen molar-refractivity contribution < 1.29 is 9.53 Å². The number of ether oxygens (including phenoxy) is 1. The number of rotatable bonds is 2. The minimum Gasteiger partial charge on any atom is -0.462 e. The maximum absolute atomic E-state index is 11.3. The topological polar surface area (TPSA) is 39.2 Å². The average Bonchev–Trinajstić information content (AvgIpc) is 2.61. The molecule has 0 bridgehead atoms. The van der Waals surface area contributed by atoms with Crippen LogP contribution in [0.15, 0.2) is 6.07 Å². The number of nitrogens with zero attached hydrogens (tertiary/aromatic N) is 1. The highest BCUT2D eigenvalue weighted by Crippen LogP contribution is 2.32. The number of carbonyl (C=O) groups excluding carboxylic acids is 1. The van der Waals surface area contributed by atoms with Crippen LogP contribution in [0.4, 0.5) is 0 Å². The minimum absolute atomic E-state index is 0.293. The Hall–Kier alpha value is -0.650. The van der Waals surface area contributed by atoms with Crippen LogP contribution >= 0.6 is 34.3 Å². The molecule has 0 spiro atoms. The smallest absolute Gasteiger partial charge is 0.348 e. The SMILES string of the molecule is CCOC(=O)c1cc2sc(Cl)nc2s1. The third-order valence-corrected chi connectivity index (χ3v) is 3.78. The molecule has 2 heterocycles. The van der Waals surface area contributed by atoms with Gasteiger partial charge in [-0.25, -0.2) is 9.78 Å². The van der Waals surface area contributed by atoms with Crippen LogP contribution in [-0.4, -0.2) is 17.6 Å². The first-order chi connectivity index (χ1) is 6.70. The lowest BCUT2D eigenvalue weighted by atomic mass is 10.5. The summed E-state index contributed by atoms with van der Waals surface area (Å²) in [7, 11) is 0. The van der Waals surface area contributed by atoms with Gasteiger partial charge in [-0.1, -0.05) is 11.6 Å². The Morgan fingerprint density at radius 3 is 3.07 bits per heavy atom. The van der Waals surface area contributed by atoms with Gasteiger partial charge in [0, 0.05) is 0 Å². The van der Waals surface area contributed by atoms with E-state index in [1.54, 1.807) is 13.0 Å². The van der Waals surface area contributed by atoms with Crippen molar-refractivity contribution in [2.24, 2.45) is 0 Å². The van der Waals surface area contributed by atoms with Gasteiger partial charge in [-0.05, 0) is 13.0 Å². The molecule has 2 rings (SSSR count). The molecule has 0 saturated heterocycles. The molecule has 2 aromatic rings. The second-order valence-corrected chi connectivity index (χ2v) is 5.11. The van der Waals surface area contributed by atoms with E-state index in [0.29, 0.717) is 16.0 Å². The van der Waals surface area contributed by atoms with Gasteiger partial charge in [0.05, 0.1) is 11.3 Å². The number of thiophene rings is 1. The van der Waals surface area contributed by atoms with Crippen molar-refractivity contribution in [2.75, 3.05) is 6.61 Å². The van der Waals surface area contributed by atoms with E-state index in [4.69, 9.17) is 16.3 Å². The molecule has 74 valence electrons. The van der Waals surface area contributed by atoms with E-state index in [2.05, 4.69) is 4.98 Å². The normalized spacial score (nSPS) is 10.7. The maximum atomic E-state index is 11.3. The number of aromatic nitrogens is 1. The zero-order valence-corrected chi connectivity index (χ0v) is 9.63. The third kappa shape index (κ3) is 1.75. The fourth-order valence-electron chi connectivity index (χ4n) is 1.01. The largest absolute Gasteiger partial charge is 0.462 e. The lowest BCUT2D eigenvalue weighted by molar-refractivity contribution is 0.0532. The van der Waals surface area contributed by atoms with Gasteiger partial charge in [0.15, 0.2) is 4.47 Å². The summed E-state index contributed by atoms with van der Waals surface area (Å²) in [6.07, 6.45) is 0. The van der Waals surface area contributed by atoms with Crippen molar-refractivity contribution in [2.45, 2.75) is 6.92 Å². The third-order valence-electron chi connectivity index (χ3n) is 1.54. The predicted molar refractivity (Wildman–Crippen MR) is 58.5 cm³/mol. The lowest BCUT2D eigenvalue weighted by Gasteiger charge is -1.95.